The summed E-state index contributed by atoms with van der Waals surface area (Å²) in [5.41, 5.74) is 5.90. The predicted molar refractivity (Wildman–Crippen MR) is 65.7 cm³/mol. The van der Waals surface area contributed by atoms with Crippen LogP contribution in [0.15, 0.2) is 5.38 Å². The van der Waals surface area contributed by atoms with E-state index in [1.165, 1.54) is 0 Å². The average Bonchev–Trinajstić information content (AvgIpc) is 2.65. The molecule has 2 N–H and O–H groups in total. The summed E-state index contributed by atoms with van der Waals surface area (Å²) < 4.78 is 0. The van der Waals surface area contributed by atoms with E-state index in [2.05, 4.69) is 16.8 Å². The molecule has 0 bridgehead atoms. The molecule has 1 atom stereocenters. The van der Waals surface area contributed by atoms with E-state index >= 15 is 0 Å². The molecule has 5 heteroatoms. The fourth-order valence-corrected chi connectivity index (χ4v) is 3.01. The lowest BCUT2D eigenvalue weighted by Crippen LogP contribution is -2.39. The quantitative estimate of drug-likeness (QED) is 0.870. The maximum Gasteiger partial charge on any atom is 0.186 e. The zero-order valence-corrected chi connectivity index (χ0v) is 10.4. The molecule has 2 heterocycles. The smallest absolute Gasteiger partial charge is 0.186 e. The van der Waals surface area contributed by atoms with Gasteiger partial charge in [-0.3, -0.25) is 0 Å². The summed E-state index contributed by atoms with van der Waals surface area (Å²) in [5.74, 6) is 0.664. The molecule has 0 radical (unpaired) electrons. The minimum absolute atomic E-state index is 0.312. The lowest BCUT2D eigenvalue weighted by molar-refractivity contribution is 0.354. The molecule has 0 amide bonds. The van der Waals surface area contributed by atoms with Crippen LogP contribution in [0.5, 0.6) is 0 Å². The van der Waals surface area contributed by atoms with Gasteiger partial charge >= 0.3 is 0 Å². The number of aromatic nitrogens is 1. The Morgan fingerprint density at radius 3 is 2.73 bits per heavy atom. The van der Waals surface area contributed by atoms with Crippen LogP contribution in [-0.2, 0) is 0 Å². The molecule has 1 aliphatic heterocycles. The van der Waals surface area contributed by atoms with Crippen LogP contribution in [-0.4, -0.2) is 24.1 Å². The molecule has 0 aromatic carbocycles. The summed E-state index contributed by atoms with van der Waals surface area (Å²) in [6.07, 6.45) is 2.32. The van der Waals surface area contributed by atoms with Gasteiger partial charge in [0.2, 0.25) is 0 Å². The van der Waals surface area contributed by atoms with E-state index in [0.717, 1.165) is 31.1 Å². The van der Waals surface area contributed by atoms with Gasteiger partial charge in [-0.25, -0.2) is 4.98 Å². The SMILES string of the molecule is CC(N)C1CCN(c2nc(Cl)cs2)CC1. The van der Waals surface area contributed by atoms with Crippen LogP contribution in [0, 0.1) is 5.92 Å². The van der Waals surface area contributed by atoms with Gasteiger partial charge in [-0.15, -0.1) is 11.3 Å². The van der Waals surface area contributed by atoms with Crippen LogP contribution < -0.4 is 10.6 Å². The van der Waals surface area contributed by atoms with Crippen molar-refractivity contribution in [2.75, 3.05) is 18.0 Å². The molecule has 2 rings (SSSR count). The van der Waals surface area contributed by atoms with E-state index < -0.39 is 0 Å². The number of anilines is 1. The molecule has 1 saturated heterocycles. The van der Waals surface area contributed by atoms with Gasteiger partial charge in [-0.1, -0.05) is 11.6 Å². The van der Waals surface area contributed by atoms with Gasteiger partial charge in [-0.05, 0) is 25.7 Å². The number of thiazole rings is 1. The van der Waals surface area contributed by atoms with Crippen LogP contribution in [0.1, 0.15) is 19.8 Å². The summed E-state index contributed by atoms with van der Waals surface area (Å²) in [5, 5.41) is 3.53. The van der Waals surface area contributed by atoms with Crippen molar-refractivity contribution in [3.63, 3.8) is 0 Å². The monoisotopic (exact) mass is 245 g/mol. The molecule has 1 fully saturated rings. The van der Waals surface area contributed by atoms with Gasteiger partial charge in [-0.2, -0.15) is 0 Å². The Kier molecular flexibility index (Phi) is 3.49. The first-order valence-corrected chi connectivity index (χ1v) is 6.54. The molecule has 1 aromatic heterocycles. The van der Waals surface area contributed by atoms with E-state index in [0.29, 0.717) is 17.1 Å². The number of nitrogens with zero attached hydrogens (tertiary/aromatic N) is 2. The highest BCUT2D eigenvalue weighted by atomic mass is 35.5. The molecule has 0 saturated carbocycles. The van der Waals surface area contributed by atoms with Gasteiger partial charge in [0.05, 0.1) is 0 Å². The molecular formula is C10H16ClN3S. The Labute approximate surface area is 99.2 Å². The number of hydrogen-bond acceptors (Lipinski definition) is 4. The summed E-state index contributed by atoms with van der Waals surface area (Å²) in [6, 6.07) is 0.312. The Bertz CT molecular complexity index is 318. The zero-order chi connectivity index (χ0) is 10.8. The Morgan fingerprint density at radius 2 is 2.27 bits per heavy atom. The van der Waals surface area contributed by atoms with Crippen molar-refractivity contribution in [1.82, 2.24) is 4.98 Å². The van der Waals surface area contributed by atoms with Gasteiger partial charge in [0.1, 0.15) is 5.15 Å². The summed E-state index contributed by atoms with van der Waals surface area (Å²) in [4.78, 5) is 6.58. The van der Waals surface area contributed by atoms with Crippen molar-refractivity contribution in [3.8, 4) is 0 Å². The third kappa shape index (κ3) is 2.62. The van der Waals surface area contributed by atoms with E-state index in [4.69, 9.17) is 17.3 Å². The van der Waals surface area contributed by atoms with E-state index in [9.17, 15) is 0 Å². The van der Waals surface area contributed by atoms with Crippen LogP contribution in [0.3, 0.4) is 0 Å². The molecular weight excluding hydrogens is 230 g/mol. The summed E-state index contributed by atoms with van der Waals surface area (Å²) in [7, 11) is 0. The van der Waals surface area contributed by atoms with Crippen molar-refractivity contribution in [3.05, 3.63) is 10.5 Å². The minimum Gasteiger partial charge on any atom is -0.348 e. The molecule has 1 unspecified atom stereocenters. The predicted octanol–water partition coefficient (Wildman–Crippen LogP) is 2.36. The average molecular weight is 246 g/mol. The van der Waals surface area contributed by atoms with Crippen molar-refractivity contribution in [2.45, 2.75) is 25.8 Å². The van der Waals surface area contributed by atoms with Gasteiger partial charge < -0.3 is 10.6 Å². The van der Waals surface area contributed by atoms with E-state index in [1.807, 2.05) is 5.38 Å². The summed E-state index contributed by atoms with van der Waals surface area (Å²) >= 11 is 7.43. The van der Waals surface area contributed by atoms with Gasteiger partial charge in [0.25, 0.3) is 0 Å². The van der Waals surface area contributed by atoms with Crippen LogP contribution in [0.4, 0.5) is 5.13 Å². The number of rotatable bonds is 2. The number of hydrogen-bond donors (Lipinski definition) is 1. The first kappa shape index (κ1) is 11.2. The lowest BCUT2D eigenvalue weighted by Gasteiger charge is -2.33. The highest BCUT2D eigenvalue weighted by Crippen LogP contribution is 2.28. The second-order valence-electron chi connectivity index (χ2n) is 4.14. The number of halogens is 1. The van der Waals surface area contributed by atoms with Crippen LogP contribution in [0.25, 0.3) is 0 Å². The van der Waals surface area contributed by atoms with Gasteiger partial charge in [0, 0.05) is 24.5 Å². The topological polar surface area (TPSA) is 42.1 Å². The van der Waals surface area contributed by atoms with Crippen LogP contribution in [0.2, 0.25) is 5.15 Å². The van der Waals surface area contributed by atoms with Crippen molar-refractivity contribution in [1.29, 1.82) is 0 Å². The van der Waals surface area contributed by atoms with Crippen molar-refractivity contribution >= 4 is 28.1 Å². The first-order chi connectivity index (χ1) is 7.16. The van der Waals surface area contributed by atoms with Crippen molar-refractivity contribution < 1.29 is 0 Å². The number of nitrogens with two attached hydrogens (primary N) is 1. The number of piperidine rings is 1. The Balaban J connectivity index is 1.93. The van der Waals surface area contributed by atoms with E-state index in [1.54, 1.807) is 11.3 Å². The maximum absolute atomic E-state index is 5.90. The molecule has 84 valence electrons. The lowest BCUT2D eigenvalue weighted by atomic mass is 9.91. The highest BCUT2D eigenvalue weighted by molar-refractivity contribution is 7.14. The molecule has 0 spiro atoms. The first-order valence-electron chi connectivity index (χ1n) is 5.28. The molecule has 3 nitrogen and oxygen atoms in total. The second-order valence-corrected chi connectivity index (χ2v) is 5.36. The minimum atomic E-state index is 0.312. The van der Waals surface area contributed by atoms with Gasteiger partial charge in [0.15, 0.2) is 5.13 Å². The van der Waals surface area contributed by atoms with Crippen molar-refractivity contribution in [2.24, 2.45) is 11.7 Å². The largest absolute Gasteiger partial charge is 0.348 e. The normalized spacial score (nSPS) is 20.6. The standard InChI is InChI=1S/C10H16ClN3S/c1-7(12)8-2-4-14(5-3-8)10-13-9(11)6-15-10/h6-8H,2-5,12H2,1H3. The van der Waals surface area contributed by atoms with E-state index in [-0.39, 0.29) is 0 Å². The molecule has 15 heavy (non-hydrogen) atoms. The second kappa shape index (κ2) is 4.68. The Morgan fingerprint density at radius 1 is 1.60 bits per heavy atom. The fourth-order valence-electron chi connectivity index (χ4n) is 2.01. The Hall–Kier alpha value is -0.320. The summed E-state index contributed by atoms with van der Waals surface area (Å²) in [6.45, 7) is 4.20. The highest BCUT2D eigenvalue weighted by Gasteiger charge is 2.23. The molecule has 1 aliphatic rings. The molecule has 0 aliphatic carbocycles. The molecule has 1 aromatic rings. The van der Waals surface area contributed by atoms with Crippen LogP contribution >= 0.6 is 22.9 Å². The third-order valence-corrected chi connectivity index (χ3v) is 4.24. The maximum atomic E-state index is 5.90. The zero-order valence-electron chi connectivity index (χ0n) is 8.82. The third-order valence-electron chi connectivity index (χ3n) is 3.02. The fraction of sp³-hybridized carbons (Fsp3) is 0.700.